The van der Waals surface area contributed by atoms with Crippen LogP contribution in [0, 0.1) is 0 Å². The predicted octanol–water partition coefficient (Wildman–Crippen LogP) is 2.47. The second-order valence-electron chi connectivity index (χ2n) is 6.00. The number of allylic oxidation sites excluding steroid dienone is 1. The van der Waals surface area contributed by atoms with Gasteiger partial charge in [0.1, 0.15) is 6.04 Å². The molecule has 0 saturated carbocycles. The quantitative estimate of drug-likeness (QED) is 0.639. The number of methoxy groups -OCH3 is 1. The zero-order valence-electron chi connectivity index (χ0n) is 14.7. The number of aromatic nitrogens is 1. The van der Waals surface area contributed by atoms with Gasteiger partial charge in [-0.2, -0.15) is 0 Å². The minimum absolute atomic E-state index is 0.157. The Kier molecular flexibility index (Phi) is 4.63. The predicted molar refractivity (Wildman–Crippen MR) is 107 cm³/mol. The van der Waals surface area contributed by atoms with Crippen molar-refractivity contribution in [3.05, 3.63) is 89.2 Å². The number of carbonyl (C=O) groups excluding carboxylic acids is 1. The second kappa shape index (κ2) is 7.09. The normalized spacial score (nSPS) is 16.8. The molecule has 7 heteroatoms. The van der Waals surface area contributed by atoms with Crippen LogP contribution in [-0.4, -0.2) is 17.6 Å². The smallest absolute Gasteiger partial charge is 0.338 e. The van der Waals surface area contributed by atoms with E-state index >= 15 is 0 Å². The molecule has 1 aliphatic heterocycles. The second-order valence-corrected chi connectivity index (χ2v) is 7.99. The third kappa shape index (κ3) is 3.09. The Balaban J connectivity index is 1.98. The summed E-state index contributed by atoms with van der Waals surface area (Å²) in [6.07, 6.45) is 1.85. The topological polar surface area (TPSA) is 60.7 Å². The summed E-state index contributed by atoms with van der Waals surface area (Å²) in [6, 6.07) is 13.0. The van der Waals surface area contributed by atoms with Crippen molar-refractivity contribution in [2.45, 2.75) is 13.0 Å². The van der Waals surface area contributed by atoms with Crippen LogP contribution in [0.3, 0.4) is 0 Å². The van der Waals surface area contributed by atoms with Crippen LogP contribution in [0.15, 0.2) is 68.9 Å². The van der Waals surface area contributed by atoms with E-state index in [-0.39, 0.29) is 5.56 Å². The molecule has 1 aromatic carbocycles. The van der Waals surface area contributed by atoms with Crippen LogP contribution in [0.5, 0.6) is 0 Å². The van der Waals surface area contributed by atoms with E-state index in [9.17, 15) is 9.59 Å². The van der Waals surface area contributed by atoms with E-state index in [0.717, 1.165) is 10.4 Å². The summed E-state index contributed by atoms with van der Waals surface area (Å²) in [5.74, 6) is -0.466. The van der Waals surface area contributed by atoms with Crippen molar-refractivity contribution in [1.29, 1.82) is 0 Å². The van der Waals surface area contributed by atoms with E-state index in [4.69, 9.17) is 4.74 Å². The Morgan fingerprint density at radius 2 is 2.00 bits per heavy atom. The van der Waals surface area contributed by atoms with Crippen LogP contribution in [0.25, 0.3) is 6.08 Å². The van der Waals surface area contributed by atoms with Gasteiger partial charge in [-0.25, -0.2) is 9.79 Å². The third-order valence-electron chi connectivity index (χ3n) is 4.34. The van der Waals surface area contributed by atoms with Crippen molar-refractivity contribution in [1.82, 2.24) is 4.57 Å². The number of benzene rings is 1. The Labute approximate surface area is 163 Å². The maximum absolute atomic E-state index is 13.2. The summed E-state index contributed by atoms with van der Waals surface area (Å²) < 4.78 is 7.16. The molecule has 2 aromatic heterocycles. The fourth-order valence-electron chi connectivity index (χ4n) is 3.11. The van der Waals surface area contributed by atoms with E-state index in [1.54, 1.807) is 11.5 Å². The van der Waals surface area contributed by atoms with Crippen molar-refractivity contribution in [3.8, 4) is 0 Å². The van der Waals surface area contributed by atoms with E-state index in [0.29, 0.717) is 20.6 Å². The molecule has 5 nitrogen and oxygen atoms in total. The number of carbonyl (C=O) groups is 1. The maximum Gasteiger partial charge on any atom is 0.338 e. The highest BCUT2D eigenvalue weighted by Gasteiger charge is 2.33. The summed E-state index contributed by atoms with van der Waals surface area (Å²) >= 11 is 2.83. The minimum Gasteiger partial charge on any atom is -0.466 e. The van der Waals surface area contributed by atoms with Gasteiger partial charge < -0.3 is 4.74 Å². The molecular formula is C20H16N2O3S2. The summed E-state index contributed by atoms with van der Waals surface area (Å²) in [6.45, 7) is 1.78. The molecule has 0 saturated heterocycles. The molecule has 0 amide bonds. The van der Waals surface area contributed by atoms with Crippen molar-refractivity contribution in [2.24, 2.45) is 4.99 Å². The number of nitrogens with zero attached hydrogens (tertiary/aromatic N) is 2. The lowest BCUT2D eigenvalue weighted by molar-refractivity contribution is -0.136. The Hall–Kier alpha value is -2.77. The monoisotopic (exact) mass is 396 g/mol. The molecule has 27 heavy (non-hydrogen) atoms. The van der Waals surface area contributed by atoms with Crippen LogP contribution >= 0.6 is 22.7 Å². The first-order chi connectivity index (χ1) is 13.1. The molecule has 3 heterocycles. The van der Waals surface area contributed by atoms with Crippen molar-refractivity contribution < 1.29 is 9.53 Å². The van der Waals surface area contributed by atoms with Crippen LogP contribution in [0.2, 0.25) is 0 Å². The molecule has 0 bridgehead atoms. The van der Waals surface area contributed by atoms with Crippen LogP contribution in [0.1, 0.15) is 23.4 Å². The molecule has 1 unspecified atom stereocenters. The average Bonchev–Trinajstić information content (AvgIpc) is 3.30. The SMILES string of the molecule is COC(=O)C1=C(C)N=c2sc(=Cc3ccccc3)c(=O)n2C1c1cccs1. The van der Waals surface area contributed by atoms with Gasteiger partial charge in [-0.15, -0.1) is 11.3 Å². The standard InChI is InChI=1S/C20H16N2O3S2/c1-12-16(19(24)25-2)17(14-9-6-10-26-14)22-18(23)15(27-20(22)21-12)11-13-7-4-3-5-8-13/h3-11,17H,1-2H3. The molecule has 0 radical (unpaired) electrons. The van der Waals surface area contributed by atoms with Gasteiger partial charge in [0.25, 0.3) is 5.56 Å². The van der Waals surface area contributed by atoms with Crippen molar-refractivity contribution in [2.75, 3.05) is 7.11 Å². The highest BCUT2D eigenvalue weighted by atomic mass is 32.1. The zero-order chi connectivity index (χ0) is 19.0. The summed E-state index contributed by atoms with van der Waals surface area (Å²) in [7, 11) is 1.34. The summed E-state index contributed by atoms with van der Waals surface area (Å²) in [5.41, 5.74) is 1.76. The van der Waals surface area contributed by atoms with Gasteiger partial charge >= 0.3 is 5.97 Å². The zero-order valence-corrected chi connectivity index (χ0v) is 16.3. The number of rotatable bonds is 3. The molecule has 4 rings (SSSR count). The first kappa shape index (κ1) is 17.6. The molecule has 0 N–H and O–H groups in total. The van der Waals surface area contributed by atoms with E-state index in [1.807, 2.05) is 53.9 Å². The van der Waals surface area contributed by atoms with Crippen molar-refractivity contribution in [3.63, 3.8) is 0 Å². The Morgan fingerprint density at radius 3 is 2.67 bits per heavy atom. The Morgan fingerprint density at radius 1 is 1.22 bits per heavy atom. The number of ether oxygens (including phenoxy) is 1. The van der Waals surface area contributed by atoms with Gasteiger partial charge in [0, 0.05) is 4.88 Å². The fraction of sp³-hybridized carbons (Fsp3) is 0.150. The van der Waals surface area contributed by atoms with E-state index < -0.39 is 12.0 Å². The molecule has 0 spiro atoms. The number of thiophene rings is 1. The lowest BCUT2D eigenvalue weighted by Gasteiger charge is -2.22. The molecular weight excluding hydrogens is 380 g/mol. The van der Waals surface area contributed by atoms with Gasteiger partial charge in [-0.1, -0.05) is 47.7 Å². The first-order valence-corrected chi connectivity index (χ1v) is 9.99. The molecule has 0 fully saturated rings. The summed E-state index contributed by atoms with van der Waals surface area (Å²) in [4.78, 5) is 31.7. The Bertz CT molecular complexity index is 1200. The molecule has 1 atom stereocenters. The molecule has 1 aliphatic rings. The van der Waals surface area contributed by atoms with Crippen LogP contribution < -0.4 is 14.9 Å². The van der Waals surface area contributed by atoms with Gasteiger partial charge in [-0.3, -0.25) is 9.36 Å². The van der Waals surface area contributed by atoms with Gasteiger partial charge in [0.2, 0.25) is 0 Å². The average molecular weight is 396 g/mol. The number of esters is 1. The van der Waals surface area contributed by atoms with Crippen LogP contribution in [-0.2, 0) is 9.53 Å². The first-order valence-electron chi connectivity index (χ1n) is 8.29. The lowest BCUT2D eigenvalue weighted by Crippen LogP contribution is -2.39. The molecule has 3 aromatic rings. The number of fused-ring (bicyclic) bond motifs is 1. The number of hydrogen-bond acceptors (Lipinski definition) is 6. The minimum atomic E-state index is -0.522. The highest BCUT2D eigenvalue weighted by Crippen LogP contribution is 2.32. The number of thiazole rings is 1. The molecule has 0 aliphatic carbocycles. The molecule has 136 valence electrons. The lowest BCUT2D eigenvalue weighted by atomic mass is 10.0. The van der Waals surface area contributed by atoms with Crippen LogP contribution in [0.4, 0.5) is 0 Å². The maximum atomic E-state index is 13.2. The highest BCUT2D eigenvalue weighted by molar-refractivity contribution is 7.10. The number of hydrogen-bond donors (Lipinski definition) is 0. The summed E-state index contributed by atoms with van der Waals surface area (Å²) in [5, 5.41) is 1.93. The third-order valence-corrected chi connectivity index (χ3v) is 6.24. The van der Waals surface area contributed by atoms with Gasteiger partial charge in [0.15, 0.2) is 4.80 Å². The van der Waals surface area contributed by atoms with Gasteiger partial charge in [0.05, 0.1) is 22.9 Å². The fourth-order valence-corrected chi connectivity index (χ4v) is 4.98. The van der Waals surface area contributed by atoms with Gasteiger partial charge in [-0.05, 0) is 30.0 Å². The van der Waals surface area contributed by atoms with E-state index in [1.165, 1.54) is 29.8 Å². The largest absolute Gasteiger partial charge is 0.466 e. The van der Waals surface area contributed by atoms with Crippen molar-refractivity contribution >= 4 is 34.7 Å². The van der Waals surface area contributed by atoms with E-state index in [2.05, 4.69) is 4.99 Å².